The van der Waals surface area contributed by atoms with Crippen LogP contribution in [-0.2, 0) is 0 Å². The molecule has 1 heteroatoms. The largest absolute Gasteiger partial charge is 0.381 e. The van der Waals surface area contributed by atoms with Crippen molar-refractivity contribution >= 4 is 0 Å². The van der Waals surface area contributed by atoms with Gasteiger partial charge in [0, 0.05) is 5.92 Å². The molecular weight excluding hydrogens is 232 g/mol. The van der Waals surface area contributed by atoms with Crippen LogP contribution >= 0.6 is 0 Å². The van der Waals surface area contributed by atoms with Crippen molar-refractivity contribution in [3.63, 3.8) is 0 Å². The van der Waals surface area contributed by atoms with Gasteiger partial charge in [0.05, 0.1) is 0 Å². The number of fused-ring (bicyclic) bond motifs is 1. The summed E-state index contributed by atoms with van der Waals surface area (Å²) in [6.45, 7) is 11.0. The summed E-state index contributed by atoms with van der Waals surface area (Å²) in [5, 5.41) is 10.8. The zero-order valence-corrected chi connectivity index (χ0v) is 12.4. The van der Waals surface area contributed by atoms with Crippen molar-refractivity contribution in [1.29, 1.82) is 0 Å². The Kier molecular flexibility index (Phi) is 2.83. The number of rotatable bonds is 2. The molecule has 1 fully saturated rings. The van der Waals surface area contributed by atoms with Crippen molar-refractivity contribution in [2.75, 3.05) is 0 Å². The van der Waals surface area contributed by atoms with Crippen molar-refractivity contribution in [2.24, 2.45) is 29.1 Å². The van der Waals surface area contributed by atoms with Crippen LogP contribution in [0.4, 0.5) is 0 Å². The van der Waals surface area contributed by atoms with Crippen LogP contribution in [0.3, 0.4) is 0 Å². The zero-order valence-electron chi connectivity index (χ0n) is 12.4. The molecule has 3 unspecified atom stereocenters. The number of aliphatic hydroxyl groups is 1. The van der Waals surface area contributed by atoms with Crippen molar-refractivity contribution in [3.8, 4) is 0 Å². The van der Waals surface area contributed by atoms with E-state index in [-0.39, 0.29) is 5.92 Å². The van der Waals surface area contributed by atoms with Gasteiger partial charge in [0.15, 0.2) is 0 Å². The molecule has 1 saturated carbocycles. The molecule has 0 aromatic heterocycles. The number of allylic oxidation sites excluding steroid dienone is 2. The smallest absolute Gasteiger partial charge is 0.107 e. The molecule has 0 heterocycles. The third-order valence-electron chi connectivity index (χ3n) is 6.11. The third-order valence-corrected chi connectivity index (χ3v) is 6.11. The maximum absolute atomic E-state index is 10.8. The van der Waals surface area contributed by atoms with Gasteiger partial charge in [-0.15, -0.1) is 0 Å². The van der Waals surface area contributed by atoms with E-state index in [1.54, 1.807) is 6.08 Å². The first kappa shape index (κ1) is 13.2. The minimum atomic E-state index is -0.829. The van der Waals surface area contributed by atoms with Gasteiger partial charge < -0.3 is 5.11 Å². The first-order valence-electron chi connectivity index (χ1n) is 7.65. The highest BCUT2D eigenvalue weighted by Gasteiger charge is 2.61. The molecule has 1 nitrogen and oxygen atoms in total. The fraction of sp³-hybridized carbons (Fsp3) is 0.667. The van der Waals surface area contributed by atoms with Crippen LogP contribution in [0.25, 0.3) is 0 Å². The molecule has 0 saturated heterocycles. The maximum Gasteiger partial charge on any atom is 0.107 e. The van der Waals surface area contributed by atoms with Crippen molar-refractivity contribution < 1.29 is 5.11 Å². The lowest BCUT2D eigenvalue weighted by molar-refractivity contribution is 0.0755. The van der Waals surface area contributed by atoms with Crippen molar-refractivity contribution in [2.45, 2.75) is 45.6 Å². The molecule has 0 radical (unpaired) electrons. The highest BCUT2D eigenvalue weighted by Crippen LogP contribution is 2.67. The van der Waals surface area contributed by atoms with Gasteiger partial charge in [-0.3, -0.25) is 0 Å². The SMILES string of the molecule is C=CC1(O)C=CCCC1C1=CC[C@@H]2[C@H](C1C)C2(C)C. The highest BCUT2D eigenvalue weighted by molar-refractivity contribution is 5.32. The summed E-state index contributed by atoms with van der Waals surface area (Å²) in [4.78, 5) is 0. The molecule has 3 aliphatic carbocycles. The summed E-state index contributed by atoms with van der Waals surface area (Å²) in [7, 11) is 0. The van der Waals surface area contributed by atoms with Crippen LogP contribution in [0.5, 0.6) is 0 Å². The Labute approximate surface area is 117 Å². The second-order valence-electron chi connectivity index (χ2n) is 7.31. The van der Waals surface area contributed by atoms with Crippen LogP contribution in [0.2, 0.25) is 0 Å². The van der Waals surface area contributed by atoms with Gasteiger partial charge in [-0.1, -0.05) is 57.2 Å². The topological polar surface area (TPSA) is 20.2 Å². The molecule has 0 bridgehead atoms. The predicted octanol–water partition coefficient (Wildman–Crippen LogP) is 4.11. The van der Waals surface area contributed by atoms with E-state index in [0.717, 1.165) is 24.7 Å². The van der Waals surface area contributed by atoms with Gasteiger partial charge in [0.1, 0.15) is 5.60 Å². The summed E-state index contributed by atoms with van der Waals surface area (Å²) in [6, 6.07) is 0. The molecule has 104 valence electrons. The van der Waals surface area contributed by atoms with Gasteiger partial charge in [0.2, 0.25) is 0 Å². The van der Waals surface area contributed by atoms with Gasteiger partial charge in [-0.05, 0) is 42.4 Å². The molecule has 0 aromatic carbocycles. The van der Waals surface area contributed by atoms with E-state index >= 15 is 0 Å². The molecule has 0 aromatic rings. The fourth-order valence-corrected chi connectivity index (χ4v) is 4.87. The summed E-state index contributed by atoms with van der Waals surface area (Å²) < 4.78 is 0. The minimum Gasteiger partial charge on any atom is -0.381 e. The van der Waals surface area contributed by atoms with Gasteiger partial charge in [-0.25, -0.2) is 0 Å². The Morgan fingerprint density at radius 1 is 1.42 bits per heavy atom. The van der Waals surface area contributed by atoms with Gasteiger partial charge in [0.25, 0.3) is 0 Å². The lowest BCUT2D eigenvalue weighted by Gasteiger charge is -2.39. The molecule has 5 atom stereocenters. The molecule has 0 aliphatic heterocycles. The Bertz CT molecular complexity index is 456. The Morgan fingerprint density at radius 3 is 2.84 bits per heavy atom. The average molecular weight is 258 g/mol. The van der Waals surface area contributed by atoms with E-state index in [4.69, 9.17) is 0 Å². The molecule has 3 rings (SSSR count). The lowest BCUT2D eigenvalue weighted by Crippen LogP contribution is -2.39. The molecule has 3 aliphatic rings. The maximum atomic E-state index is 10.8. The van der Waals surface area contributed by atoms with E-state index in [1.165, 1.54) is 12.0 Å². The lowest BCUT2D eigenvalue weighted by atomic mass is 9.69. The van der Waals surface area contributed by atoms with E-state index in [0.29, 0.717) is 11.3 Å². The molecule has 0 amide bonds. The first-order chi connectivity index (χ1) is 8.92. The summed E-state index contributed by atoms with van der Waals surface area (Å²) in [5.74, 6) is 2.52. The number of hydrogen-bond acceptors (Lipinski definition) is 1. The molecule has 19 heavy (non-hydrogen) atoms. The minimum absolute atomic E-state index is 0.238. The summed E-state index contributed by atoms with van der Waals surface area (Å²) in [5.41, 5.74) is 1.15. The Balaban J connectivity index is 1.89. The van der Waals surface area contributed by atoms with Gasteiger partial charge in [-0.2, -0.15) is 0 Å². The zero-order chi connectivity index (χ0) is 13.8. The van der Waals surface area contributed by atoms with Crippen molar-refractivity contribution in [3.05, 3.63) is 36.5 Å². The normalized spacial score (nSPS) is 47.3. The first-order valence-corrected chi connectivity index (χ1v) is 7.65. The van der Waals surface area contributed by atoms with E-state index in [2.05, 4.69) is 39.5 Å². The van der Waals surface area contributed by atoms with Crippen LogP contribution in [0.1, 0.15) is 40.0 Å². The summed E-state index contributed by atoms with van der Waals surface area (Å²) >= 11 is 0. The molecular formula is C18H26O. The molecule has 0 spiro atoms. The predicted molar refractivity (Wildman–Crippen MR) is 79.6 cm³/mol. The third kappa shape index (κ3) is 1.78. The monoisotopic (exact) mass is 258 g/mol. The highest BCUT2D eigenvalue weighted by atomic mass is 16.3. The second kappa shape index (κ2) is 4.09. The average Bonchev–Trinajstić information content (AvgIpc) is 2.95. The van der Waals surface area contributed by atoms with Crippen LogP contribution in [0, 0.1) is 29.1 Å². The van der Waals surface area contributed by atoms with Crippen LogP contribution in [0.15, 0.2) is 36.5 Å². The van der Waals surface area contributed by atoms with Crippen LogP contribution in [-0.4, -0.2) is 10.7 Å². The van der Waals surface area contributed by atoms with E-state index in [1.807, 2.05) is 6.08 Å². The standard InChI is InChI=1S/C18H26O/c1-5-18(19)11-7-6-8-14(18)13-9-10-15-16(12(13)2)17(15,3)4/h5,7,9,11-12,14-16,19H,1,6,8,10H2,2-4H3/t12?,14?,15-,16+,18?/m1/s1. The Hall–Kier alpha value is -0.820. The van der Waals surface area contributed by atoms with Gasteiger partial charge >= 0.3 is 0 Å². The van der Waals surface area contributed by atoms with E-state index < -0.39 is 5.60 Å². The Morgan fingerprint density at radius 2 is 2.16 bits per heavy atom. The quantitative estimate of drug-likeness (QED) is 0.739. The molecule has 1 N–H and O–H groups in total. The van der Waals surface area contributed by atoms with Crippen LogP contribution < -0.4 is 0 Å². The number of hydrogen-bond donors (Lipinski definition) is 1. The second-order valence-corrected chi connectivity index (χ2v) is 7.31. The van der Waals surface area contributed by atoms with E-state index in [9.17, 15) is 5.11 Å². The van der Waals surface area contributed by atoms with Crippen molar-refractivity contribution in [1.82, 2.24) is 0 Å². The summed E-state index contributed by atoms with van der Waals surface area (Å²) in [6.07, 6.45) is 11.5. The fourth-order valence-electron chi connectivity index (χ4n) is 4.87.